The summed E-state index contributed by atoms with van der Waals surface area (Å²) in [5.74, 6) is 2.16. The fourth-order valence-corrected chi connectivity index (χ4v) is 4.25. The van der Waals surface area contributed by atoms with Crippen LogP contribution in [0.5, 0.6) is 0 Å². The maximum absolute atomic E-state index is 5.23. The van der Waals surface area contributed by atoms with E-state index in [1.807, 2.05) is 11.6 Å². The lowest BCUT2D eigenvalue weighted by Gasteiger charge is -2.32. The molecule has 2 heterocycles. The van der Waals surface area contributed by atoms with E-state index >= 15 is 0 Å². The topological polar surface area (TPSA) is 33.6 Å². The molecule has 0 bridgehead atoms. The standard InChI is InChI=1S/C12H14BrN3S2/c1-16-11(14-15-12(16)17)10(7-3-2-4-7)9-5-8(13)6-18-9/h5-7,10H,2-4H2,1H3,(H,15,17). The highest BCUT2D eigenvalue weighted by Gasteiger charge is 2.33. The Hall–Kier alpha value is -0.460. The molecule has 2 aromatic heterocycles. The zero-order chi connectivity index (χ0) is 12.7. The maximum Gasteiger partial charge on any atom is 0.194 e. The van der Waals surface area contributed by atoms with Crippen molar-refractivity contribution in [2.75, 3.05) is 0 Å². The van der Waals surface area contributed by atoms with Crippen molar-refractivity contribution in [3.05, 3.63) is 31.4 Å². The molecule has 1 N–H and O–H groups in total. The third-order valence-electron chi connectivity index (χ3n) is 3.71. The molecule has 1 aliphatic rings. The Morgan fingerprint density at radius 2 is 2.39 bits per heavy atom. The summed E-state index contributed by atoms with van der Waals surface area (Å²) in [5.41, 5.74) is 0. The van der Waals surface area contributed by atoms with Crippen LogP contribution >= 0.6 is 39.5 Å². The largest absolute Gasteiger partial charge is 0.307 e. The van der Waals surface area contributed by atoms with Crippen LogP contribution in [-0.2, 0) is 7.05 Å². The Kier molecular flexibility index (Phi) is 3.42. The third kappa shape index (κ3) is 2.10. The van der Waals surface area contributed by atoms with Gasteiger partial charge in [-0.15, -0.1) is 11.3 Å². The van der Waals surface area contributed by atoms with E-state index < -0.39 is 0 Å². The van der Waals surface area contributed by atoms with Crippen LogP contribution in [0.2, 0.25) is 0 Å². The molecule has 0 saturated heterocycles. The van der Waals surface area contributed by atoms with Crippen molar-refractivity contribution < 1.29 is 0 Å². The first kappa shape index (κ1) is 12.6. The summed E-state index contributed by atoms with van der Waals surface area (Å²) < 4.78 is 3.86. The van der Waals surface area contributed by atoms with Crippen LogP contribution in [0.25, 0.3) is 0 Å². The molecule has 0 amide bonds. The highest BCUT2D eigenvalue weighted by molar-refractivity contribution is 9.10. The molecule has 1 aliphatic carbocycles. The second-order valence-corrected chi connectivity index (χ2v) is 7.03. The number of hydrogen-bond donors (Lipinski definition) is 1. The van der Waals surface area contributed by atoms with Crippen molar-refractivity contribution in [2.24, 2.45) is 13.0 Å². The zero-order valence-electron chi connectivity index (χ0n) is 10.0. The van der Waals surface area contributed by atoms with Crippen molar-refractivity contribution >= 4 is 39.5 Å². The van der Waals surface area contributed by atoms with Crippen LogP contribution in [0.3, 0.4) is 0 Å². The molecule has 18 heavy (non-hydrogen) atoms. The molecule has 1 unspecified atom stereocenters. The van der Waals surface area contributed by atoms with Crippen LogP contribution in [-0.4, -0.2) is 14.8 Å². The van der Waals surface area contributed by atoms with E-state index in [4.69, 9.17) is 12.2 Å². The van der Waals surface area contributed by atoms with E-state index in [2.05, 4.69) is 37.6 Å². The van der Waals surface area contributed by atoms with Crippen molar-refractivity contribution in [2.45, 2.75) is 25.2 Å². The monoisotopic (exact) mass is 343 g/mol. The summed E-state index contributed by atoms with van der Waals surface area (Å²) in [4.78, 5) is 1.38. The molecule has 96 valence electrons. The molecule has 0 radical (unpaired) electrons. The average Bonchev–Trinajstić information content (AvgIpc) is 2.82. The second kappa shape index (κ2) is 4.90. The van der Waals surface area contributed by atoms with Gasteiger partial charge in [0.15, 0.2) is 4.77 Å². The second-order valence-electron chi connectivity index (χ2n) is 4.78. The minimum Gasteiger partial charge on any atom is -0.307 e. The zero-order valence-corrected chi connectivity index (χ0v) is 13.2. The Morgan fingerprint density at radius 1 is 1.61 bits per heavy atom. The molecule has 2 aromatic rings. The summed E-state index contributed by atoms with van der Waals surface area (Å²) in [5, 5.41) is 9.49. The quantitative estimate of drug-likeness (QED) is 0.846. The van der Waals surface area contributed by atoms with Crippen LogP contribution < -0.4 is 0 Å². The number of nitrogens with zero attached hydrogens (tertiary/aromatic N) is 2. The van der Waals surface area contributed by atoms with Gasteiger partial charge in [-0.05, 0) is 53.0 Å². The molecule has 6 heteroatoms. The summed E-state index contributed by atoms with van der Waals surface area (Å²) in [6, 6.07) is 2.21. The fraction of sp³-hybridized carbons (Fsp3) is 0.500. The van der Waals surface area contributed by atoms with Gasteiger partial charge in [-0.1, -0.05) is 6.42 Å². The van der Waals surface area contributed by atoms with Crippen LogP contribution in [0, 0.1) is 10.7 Å². The van der Waals surface area contributed by atoms with Gasteiger partial charge in [0.25, 0.3) is 0 Å². The Balaban J connectivity index is 2.05. The van der Waals surface area contributed by atoms with Crippen molar-refractivity contribution in [1.29, 1.82) is 0 Å². The van der Waals surface area contributed by atoms with Gasteiger partial charge in [-0.3, -0.25) is 5.10 Å². The van der Waals surface area contributed by atoms with Gasteiger partial charge in [-0.2, -0.15) is 5.10 Å². The van der Waals surface area contributed by atoms with Crippen LogP contribution in [0.4, 0.5) is 0 Å². The third-order valence-corrected chi connectivity index (χ3v) is 5.85. The minimum absolute atomic E-state index is 0.382. The normalized spacial score (nSPS) is 17.7. The molecule has 0 aliphatic heterocycles. The number of nitrogens with one attached hydrogen (secondary N) is 1. The molecule has 3 nitrogen and oxygen atoms in total. The molecule has 1 fully saturated rings. The lowest BCUT2D eigenvalue weighted by Crippen LogP contribution is -2.23. The van der Waals surface area contributed by atoms with Gasteiger partial charge in [-0.25, -0.2) is 0 Å². The maximum atomic E-state index is 5.23. The van der Waals surface area contributed by atoms with Crippen LogP contribution in [0.1, 0.15) is 35.9 Å². The molecular weight excluding hydrogens is 330 g/mol. The van der Waals surface area contributed by atoms with E-state index in [1.54, 1.807) is 11.3 Å². The number of rotatable bonds is 3. The minimum atomic E-state index is 0.382. The first-order valence-electron chi connectivity index (χ1n) is 6.02. The van der Waals surface area contributed by atoms with E-state index in [-0.39, 0.29) is 0 Å². The smallest absolute Gasteiger partial charge is 0.194 e. The summed E-state index contributed by atoms with van der Waals surface area (Å²) in [6.45, 7) is 0. The highest BCUT2D eigenvalue weighted by atomic mass is 79.9. The average molecular weight is 344 g/mol. The Bertz CT molecular complexity index is 609. The number of aromatic amines is 1. The molecule has 1 saturated carbocycles. The highest BCUT2D eigenvalue weighted by Crippen LogP contribution is 2.44. The predicted octanol–water partition coefficient (Wildman–Crippen LogP) is 4.23. The number of thiophene rings is 1. The van der Waals surface area contributed by atoms with Gasteiger partial charge in [0.2, 0.25) is 0 Å². The molecule has 3 rings (SSSR count). The number of halogens is 1. The van der Waals surface area contributed by atoms with Crippen LogP contribution in [0.15, 0.2) is 15.9 Å². The predicted molar refractivity (Wildman–Crippen MR) is 79.6 cm³/mol. The first-order chi connectivity index (χ1) is 8.66. The Morgan fingerprint density at radius 3 is 2.83 bits per heavy atom. The molecule has 1 atom stereocenters. The fourth-order valence-electron chi connectivity index (χ4n) is 2.47. The van der Waals surface area contributed by atoms with Crippen molar-refractivity contribution in [3.63, 3.8) is 0 Å². The number of H-pyrrole nitrogens is 1. The lowest BCUT2D eigenvalue weighted by atomic mass is 9.75. The van der Waals surface area contributed by atoms with Gasteiger partial charge in [0.1, 0.15) is 5.82 Å². The van der Waals surface area contributed by atoms with Gasteiger partial charge in [0.05, 0.1) is 5.92 Å². The lowest BCUT2D eigenvalue weighted by molar-refractivity contribution is 0.277. The molecule has 0 aromatic carbocycles. The van der Waals surface area contributed by atoms with E-state index in [0.717, 1.165) is 10.3 Å². The van der Waals surface area contributed by atoms with Crippen molar-refractivity contribution in [1.82, 2.24) is 14.8 Å². The number of hydrogen-bond acceptors (Lipinski definition) is 3. The molecule has 0 spiro atoms. The first-order valence-corrected chi connectivity index (χ1v) is 8.10. The molecular formula is C12H14BrN3S2. The van der Waals surface area contributed by atoms with Gasteiger partial charge in [0, 0.05) is 21.8 Å². The van der Waals surface area contributed by atoms with E-state index in [0.29, 0.717) is 16.6 Å². The Labute approximate surface area is 123 Å². The summed E-state index contributed by atoms with van der Waals surface area (Å²) in [6.07, 6.45) is 3.92. The summed E-state index contributed by atoms with van der Waals surface area (Å²) in [7, 11) is 2.00. The summed E-state index contributed by atoms with van der Waals surface area (Å²) >= 11 is 10.6. The van der Waals surface area contributed by atoms with Crippen molar-refractivity contribution in [3.8, 4) is 0 Å². The SMILES string of the molecule is Cn1c(C(c2cc(Br)cs2)C2CCC2)n[nH]c1=S. The van der Waals surface area contributed by atoms with E-state index in [9.17, 15) is 0 Å². The van der Waals surface area contributed by atoms with E-state index in [1.165, 1.54) is 24.1 Å². The van der Waals surface area contributed by atoms with Gasteiger partial charge < -0.3 is 4.57 Å². The number of aromatic nitrogens is 3. The van der Waals surface area contributed by atoms with Gasteiger partial charge >= 0.3 is 0 Å².